The molecule has 0 fully saturated rings. The topological polar surface area (TPSA) is 69.6 Å². The highest BCUT2D eigenvalue weighted by molar-refractivity contribution is 5.76. The average molecular weight is 891 g/mol. The summed E-state index contributed by atoms with van der Waals surface area (Å²) in [6.07, 6.45) is 80.4. The largest absolute Gasteiger partial charge is 0.394 e. The molecule has 4 nitrogen and oxygen atoms in total. The summed E-state index contributed by atoms with van der Waals surface area (Å²) in [6, 6.07) is -0.663. The highest BCUT2D eigenvalue weighted by atomic mass is 16.3. The van der Waals surface area contributed by atoms with Crippen molar-refractivity contribution >= 4 is 5.91 Å². The zero-order valence-corrected chi connectivity index (χ0v) is 42.5. The van der Waals surface area contributed by atoms with Gasteiger partial charge in [0.05, 0.1) is 18.8 Å². The molecule has 0 aromatic carbocycles. The van der Waals surface area contributed by atoms with Gasteiger partial charge in [0.1, 0.15) is 0 Å². The second kappa shape index (κ2) is 54.9. The molecule has 2 atom stereocenters. The van der Waals surface area contributed by atoms with Crippen molar-refractivity contribution in [3.05, 3.63) is 85.1 Å². The van der Waals surface area contributed by atoms with E-state index in [1.54, 1.807) is 6.08 Å². The number of carbonyl (C=O) groups excluding carboxylic acids is 1. The monoisotopic (exact) mass is 890 g/mol. The molecule has 1 amide bonds. The number of nitrogens with one attached hydrogen (secondary N) is 1. The van der Waals surface area contributed by atoms with Crippen LogP contribution in [-0.2, 0) is 4.79 Å². The smallest absolute Gasteiger partial charge is 0.220 e. The van der Waals surface area contributed by atoms with E-state index in [-0.39, 0.29) is 12.5 Å². The number of amides is 1. The molecular weight excluding hydrogens is 783 g/mol. The molecule has 64 heavy (non-hydrogen) atoms. The molecule has 0 aliphatic rings. The van der Waals surface area contributed by atoms with Crippen LogP contribution in [0.25, 0.3) is 0 Å². The van der Waals surface area contributed by atoms with Crippen LogP contribution in [0.5, 0.6) is 0 Å². The third kappa shape index (κ3) is 50.6. The van der Waals surface area contributed by atoms with E-state index in [4.69, 9.17) is 0 Å². The Labute approximate surface area is 399 Å². The van der Waals surface area contributed by atoms with Gasteiger partial charge >= 0.3 is 0 Å². The fourth-order valence-electron chi connectivity index (χ4n) is 8.16. The number of aliphatic hydroxyl groups is 2. The highest BCUT2D eigenvalue weighted by Gasteiger charge is 2.17. The number of unbranched alkanes of at least 4 members (excludes halogenated alkanes) is 31. The molecule has 0 radical (unpaired) electrons. The van der Waals surface area contributed by atoms with E-state index in [2.05, 4.69) is 92.1 Å². The molecule has 0 rings (SSSR count). The van der Waals surface area contributed by atoms with E-state index in [9.17, 15) is 15.0 Å². The zero-order valence-electron chi connectivity index (χ0n) is 42.5. The quantitative estimate of drug-likeness (QED) is 0.0421. The lowest BCUT2D eigenvalue weighted by Gasteiger charge is -2.19. The molecule has 0 aliphatic carbocycles. The molecular formula is C60H107NO3. The van der Waals surface area contributed by atoms with Crippen LogP contribution in [0.15, 0.2) is 85.1 Å². The number of carbonyl (C=O) groups is 1. The van der Waals surface area contributed by atoms with E-state index >= 15 is 0 Å². The summed E-state index contributed by atoms with van der Waals surface area (Å²) >= 11 is 0. The van der Waals surface area contributed by atoms with Crippen LogP contribution < -0.4 is 5.32 Å². The first-order valence-corrected chi connectivity index (χ1v) is 27.8. The van der Waals surface area contributed by atoms with E-state index in [1.807, 2.05) is 6.08 Å². The lowest BCUT2D eigenvalue weighted by atomic mass is 10.0. The number of hydrogen-bond acceptors (Lipinski definition) is 3. The summed E-state index contributed by atoms with van der Waals surface area (Å²) < 4.78 is 0. The van der Waals surface area contributed by atoms with Crippen LogP contribution >= 0.6 is 0 Å². The van der Waals surface area contributed by atoms with Crippen LogP contribution in [0.1, 0.15) is 271 Å². The Hall–Kier alpha value is -2.43. The Balaban J connectivity index is 3.56. The molecule has 2 unspecified atom stereocenters. The Kier molecular flexibility index (Phi) is 52.8. The van der Waals surface area contributed by atoms with Gasteiger partial charge in [0.25, 0.3) is 0 Å². The zero-order chi connectivity index (χ0) is 46.3. The maximum Gasteiger partial charge on any atom is 0.220 e. The summed E-state index contributed by atoms with van der Waals surface area (Å²) in [6.45, 7) is 4.18. The standard InChI is InChI=1S/C60H107NO3/c1-3-5-7-9-11-13-15-17-19-21-23-24-25-26-27-28-29-30-31-32-33-34-35-36-38-39-41-43-45-47-49-51-53-55-59(63)58(57-62)61-60(64)56-54-52-50-48-46-44-42-40-37-22-20-18-16-14-12-10-8-6-4-2/h6,8,12,14,18,20,37,40,44-47,53,55,58-59,62-63H,3-5,7,9-11,13,15-17,19,21-36,38-39,41-43,48-52,54,56-57H2,1-2H3,(H,61,64)/b8-6-,14-12-,20-18-,40-37-,46-44-,47-45+,55-53+. The SMILES string of the molecule is CC/C=C\C/C=C\C/C=C\C/C=C\C/C=C\CCCCCC(=O)NC(CO)C(O)/C=C/CC/C=C/CCCCCCCCCCCCCCCCCCCCCCCCCCCCC. The first-order valence-electron chi connectivity index (χ1n) is 27.8. The fourth-order valence-corrected chi connectivity index (χ4v) is 8.16. The van der Waals surface area contributed by atoms with Gasteiger partial charge in [0.15, 0.2) is 0 Å². The first-order chi connectivity index (χ1) is 31.7. The average Bonchev–Trinajstić information content (AvgIpc) is 3.30. The molecule has 0 aliphatic heterocycles. The molecule has 4 heteroatoms. The van der Waals surface area contributed by atoms with E-state index in [0.29, 0.717) is 6.42 Å². The van der Waals surface area contributed by atoms with Crippen LogP contribution in [0.4, 0.5) is 0 Å². The summed E-state index contributed by atoms with van der Waals surface area (Å²) in [5.74, 6) is -0.106. The van der Waals surface area contributed by atoms with Gasteiger partial charge in [-0.1, -0.05) is 272 Å². The maximum absolute atomic E-state index is 12.4. The van der Waals surface area contributed by atoms with Crippen LogP contribution in [0.2, 0.25) is 0 Å². The van der Waals surface area contributed by atoms with Crippen LogP contribution in [-0.4, -0.2) is 34.9 Å². The minimum Gasteiger partial charge on any atom is -0.394 e. The third-order valence-electron chi connectivity index (χ3n) is 12.4. The van der Waals surface area contributed by atoms with Gasteiger partial charge in [-0.25, -0.2) is 0 Å². The Morgan fingerprint density at radius 1 is 0.391 bits per heavy atom. The Morgan fingerprint density at radius 2 is 0.703 bits per heavy atom. The molecule has 0 bridgehead atoms. The van der Waals surface area contributed by atoms with Crippen LogP contribution in [0, 0.1) is 0 Å². The van der Waals surface area contributed by atoms with Crippen LogP contribution in [0.3, 0.4) is 0 Å². The second-order valence-electron chi connectivity index (χ2n) is 18.6. The predicted molar refractivity (Wildman–Crippen MR) is 285 cm³/mol. The molecule has 3 N–H and O–H groups in total. The van der Waals surface area contributed by atoms with Crippen molar-refractivity contribution in [2.75, 3.05) is 6.61 Å². The molecule has 0 spiro atoms. The van der Waals surface area contributed by atoms with Crippen molar-refractivity contribution in [1.82, 2.24) is 5.32 Å². The van der Waals surface area contributed by atoms with E-state index in [1.165, 1.54) is 173 Å². The maximum atomic E-state index is 12.4. The molecule has 370 valence electrons. The number of hydrogen-bond donors (Lipinski definition) is 3. The summed E-state index contributed by atoms with van der Waals surface area (Å²) in [5, 5.41) is 23.1. The normalized spacial score (nSPS) is 13.5. The second-order valence-corrected chi connectivity index (χ2v) is 18.6. The van der Waals surface area contributed by atoms with Gasteiger partial charge in [-0.05, 0) is 77.0 Å². The van der Waals surface area contributed by atoms with Crippen molar-refractivity contribution in [2.45, 2.75) is 283 Å². The molecule has 0 heterocycles. The van der Waals surface area contributed by atoms with Gasteiger partial charge in [0.2, 0.25) is 5.91 Å². The highest BCUT2D eigenvalue weighted by Crippen LogP contribution is 2.17. The van der Waals surface area contributed by atoms with Crippen molar-refractivity contribution < 1.29 is 15.0 Å². The predicted octanol–water partition coefficient (Wildman–Crippen LogP) is 18.4. The fraction of sp³-hybridized carbons (Fsp3) is 0.750. The number of aliphatic hydroxyl groups excluding tert-OH is 2. The number of allylic oxidation sites excluding steroid dienone is 13. The van der Waals surface area contributed by atoms with E-state index in [0.717, 1.165) is 77.0 Å². The van der Waals surface area contributed by atoms with E-state index < -0.39 is 12.1 Å². The molecule has 0 aromatic heterocycles. The van der Waals surface area contributed by atoms with Gasteiger partial charge in [-0.15, -0.1) is 0 Å². The van der Waals surface area contributed by atoms with Gasteiger partial charge in [0, 0.05) is 6.42 Å². The molecule has 0 saturated heterocycles. The number of rotatable bonds is 50. The Morgan fingerprint density at radius 3 is 1.09 bits per heavy atom. The lowest BCUT2D eigenvalue weighted by Crippen LogP contribution is -2.45. The summed E-state index contributed by atoms with van der Waals surface area (Å²) in [7, 11) is 0. The van der Waals surface area contributed by atoms with Gasteiger partial charge in [-0.3, -0.25) is 4.79 Å². The van der Waals surface area contributed by atoms with Gasteiger partial charge < -0.3 is 15.5 Å². The molecule has 0 saturated carbocycles. The lowest BCUT2D eigenvalue weighted by molar-refractivity contribution is -0.123. The van der Waals surface area contributed by atoms with Crippen molar-refractivity contribution in [3.63, 3.8) is 0 Å². The van der Waals surface area contributed by atoms with Crippen molar-refractivity contribution in [1.29, 1.82) is 0 Å². The first kappa shape index (κ1) is 61.6. The Bertz CT molecular complexity index is 1150. The van der Waals surface area contributed by atoms with Crippen molar-refractivity contribution in [3.8, 4) is 0 Å². The van der Waals surface area contributed by atoms with Crippen molar-refractivity contribution in [2.24, 2.45) is 0 Å². The third-order valence-corrected chi connectivity index (χ3v) is 12.4. The summed E-state index contributed by atoms with van der Waals surface area (Å²) in [4.78, 5) is 12.4. The van der Waals surface area contributed by atoms with Gasteiger partial charge in [-0.2, -0.15) is 0 Å². The minimum absolute atomic E-state index is 0.106. The molecule has 0 aromatic rings. The summed E-state index contributed by atoms with van der Waals surface area (Å²) in [5.41, 5.74) is 0. The minimum atomic E-state index is -0.883.